The van der Waals surface area contributed by atoms with E-state index in [2.05, 4.69) is 52.3 Å². The Morgan fingerprint density at radius 3 is 2.29 bits per heavy atom. The van der Waals surface area contributed by atoms with Gasteiger partial charge in [0, 0.05) is 20.5 Å². The predicted octanol–water partition coefficient (Wildman–Crippen LogP) is 6.83. The highest BCUT2D eigenvalue weighted by atomic mass is 79.9. The summed E-state index contributed by atoms with van der Waals surface area (Å²) in [6, 6.07) is 13.5. The van der Waals surface area contributed by atoms with E-state index in [9.17, 15) is 0 Å². The van der Waals surface area contributed by atoms with Crippen LogP contribution in [0.2, 0.25) is 5.02 Å². The molecular formula is C22H20BrCl. The number of rotatable bonds is 0. The molecule has 0 amide bonds. The molecule has 0 saturated heterocycles. The zero-order chi connectivity index (χ0) is 16.1. The number of halogens is 2. The first-order valence-electron chi connectivity index (χ1n) is 9.27. The minimum atomic E-state index is 0.229. The molecule has 1 spiro atoms. The second kappa shape index (κ2) is 4.68. The van der Waals surface area contributed by atoms with Gasteiger partial charge in [-0.2, -0.15) is 0 Å². The Kier molecular flexibility index (Phi) is 2.80. The van der Waals surface area contributed by atoms with Crippen LogP contribution < -0.4 is 0 Å². The molecule has 5 aliphatic rings. The van der Waals surface area contributed by atoms with Gasteiger partial charge < -0.3 is 0 Å². The van der Waals surface area contributed by atoms with E-state index in [4.69, 9.17) is 11.6 Å². The van der Waals surface area contributed by atoms with Crippen molar-refractivity contribution >= 4 is 27.5 Å². The van der Waals surface area contributed by atoms with Crippen LogP contribution in [0.4, 0.5) is 0 Å². The van der Waals surface area contributed by atoms with Crippen molar-refractivity contribution in [3.63, 3.8) is 0 Å². The number of hydrogen-bond acceptors (Lipinski definition) is 0. The SMILES string of the molecule is Clc1cccc2c1-c1ccc(Br)cc1C21C2CC3CC(C2)CC1C3. The van der Waals surface area contributed by atoms with Crippen LogP contribution in [0.15, 0.2) is 40.9 Å². The third-order valence-corrected chi connectivity index (χ3v) is 8.39. The topological polar surface area (TPSA) is 0 Å². The van der Waals surface area contributed by atoms with Crippen LogP contribution in [0, 0.1) is 23.7 Å². The molecule has 24 heavy (non-hydrogen) atoms. The molecule has 0 N–H and O–H groups in total. The molecule has 2 heteroatoms. The first-order valence-corrected chi connectivity index (χ1v) is 10.4. The van der Waals surface area contributed by atoms with Crippen molar-refractivity contribution in [2.45, 2.75) is 37.5 Å². The van der Waals surface area contributed by atoms with Crippen LogP contribution in [-0.4, -0.2) is 0 Å². The van der Waals surface area contributed by atoms with Crippen molar-refractivity contribution in [3.05, 3.63) is 57.0 Å². The van der Waals surface area contributed by atoms with Crippen LogP contribution in [0.5, 0.6) is 0 Å². The lowest BCUT2D eigenvalue weighted by Gasteiger charge is -2.61. The van der Waals surface area contributed by atoms with Crippen LogP contribution in [0.25, 0.3) is 11.1 Å². The van der Waals surface area contributed by atoms with E-state index in [-0.39, 0.29) is 5.41 Å². The second-order valence-corrected chi connectivity index (χ2v) is 9.85. The molecule has 0 nitrogen and oxygen atoms in total. The lowest BCUT2D eigenvalue weighted by atomic mass is 9.43. The first-order chi connectivity index (χ1) is 11.7. The fraction of sp³-hybridized carbons (Fsp3) is 0.455. The molecule has 5 aliphatic carbocycles. The summed E-state index contributed by atoms with van der Waals surface area (Å²) in [6.07, 6.45) is 7.18. The van der Waals surface area contributed by atoms with E-state index >= 15 is 0 Å². The van der Waals surface area contributed by atoms with Crippen LogP contribution in [0.1, 0.15) is 43.2 Å². The molecule has 0 aromatic heterocycles. The minimum absolute atomic E-state index is 0.229. The molecule has 4 saturated carbocycles. The molecule has 4 fully saturated rings. The standard InChI is InChI=1S/C22H20BrCl/c23-16-4-5-17-19(11-16)22(18-2-1-3-20(24)21(17)18)14-7-12-6-13(9-14)10-15(22)8-12/h1-5,11-15H,6-10H2. The van der Waals surface area contributed by atoms with Gasteiger partial charge in [-0.15, -0.1) is 0 Å². The number of hydrogen-bond donors (Lipinski definition) is 0. The van der Waals surface area contributed by atoms with Gasteiger partial charge >= 0.3 is 0 Å². The van der Waals surface area contributed by atoms with E-state index in [0.29, 0.717) is 0 Å². The summed E-state index contributed by atoms with van der Waals surface area (Å²) < 4.78 is 1.21. The summed E-state index contributed by atoms with van der Waals surface area (Å²) in [5, 5.41) is 0.932. The third kappa shape index (κ3) is 1.57. The van der Waals surface area contributed by atoms with Crippen LogP contribution in [0.3, 0.4) is 0 Å². The van der Waals surface area contributed by atoms with E-state index in [1.807, 2.05) is 0 Å². The highest BCUT2D eigenvalue weighted by Crippen LogP contribution is 2.69. The van der Waals surface area contributed by atoms with E-state index in [1.165, 1.54) is 53.3 Å². The predicted molar refractivity (Wildman–Crippen MR) is 102 cm³/mol. The van der Waals surface area contributed by atoms with Crippen LogP contribution in [-0.2, 0) is 5.41 Å². The molecule has 0 radical (unpaired) electrons. The van der Waals surface area contributed by atoms with Gasteiger partial charge in [-0.3, -0.25) is 0 Å². The maximum absolute atomic E-state index is 6.72. The molecule has 0 aliphatic heterocycles. The highest BCUT2D eigenvalue weighted by molar-refractivity contribution is 9.10. The van der Waals surface area contributed by atoms with Crippen molar-refractivity contribution in [1.29, 1.82) is 0 Å². The molecule has 0 unspecified atom stereocenters. The molecule has 0 atom stereocenters. The van der Waals surface area contributed by atoms with Crippen molar-refractivity contribution in [2.75, 3.05) is 0 Å². The van der Waals surface area contributed by atoms with Crippen molar-refractivity contribution in [3.8, 4) is 11.1 Å². The Labute approximate surface area is 156 Å². The molecular weight excluding hydrogens is 380 g/mol. The van der Waals surface area contributed by atoms with Gasteiger partial charge in [-0.25, -0.2) is 0 Å². The average Bonchev–Trinajstić information content (AvgIpc) is 2.84. The number of fused-ring (bicyclic) bond motifs is 3. The van der Waals surface area contributed by atoms with Gasteiger partial charge in [0.2, 0.25) is 0 Å². The second-order valence-electron chi connectivity index (χ2n) is 8.53. The monoisotopic (exact) mass is 398 g/mol. The molecule has 122 valence electrons. The Morgan fingerprint density at radius 2 is 1.58 bits per heavy atom. The maximum atomic E-state index is 6.72. The van der Waals surface area contributed by atoms with E-state index in [0.717, 1.165) is 28.7 Å². The molecule has 7 rings (SSSR count). The van der Waals surface area contributed by atoms with Crippen molar-refractivity contribution in [2.24, 2.45) is 23.7 Å². The Bertz CT molecular complexity index is 840. The summed E-state index contributed by atoms with van der Waals surface area (Å²) in [5.74, 6) is 3.58. The zero-order valence-corrected chi connectivity index (χ0v) is 15.9. The Morgan fingerprint density at radius 1 is 0.875 bits per heavy atom. The molecule has 4 bridgehead atoms. The van der Waals surface area contributed by atoms with Crippen molar-refractivity contribution in [1.82, 2.24) is 0 Å². The van der Waals surface area contributed by atoms with Gasteiger partial charge in [0.25, 0.3) is 0 Å². The molecule has 2 aromatic carbocycles. The largest absolute Gasteiger partial charge is 0.0837 e. The summed E-state index contributed by atoms with van der Waals surface area (Å²) >= 11 is 10.5. The Hall–Kier alpha value is -0.790. The fourth-order valence-corrected chi connectivity index (χ4v) is 7.81. The quantitative estimate of drug-likeness (QED) is 0.455. The van der Waals surface area contributed by atoms with Gasteiger partial charge in [-0.1, -0.05) is 45.7 Å². The summed E-state index contributed by atoms with van der Waals surface area (Å²) in [6.45, 7) is 0. The first kappa shape index (κ1) is 14.4. The highest BCUT2D eigenvalue weighted by Gasteiger charge is 2.61. The van der Waals surface area contributed by atoms with E-state index < -0.39 is 0 Å². The number of benzene rings is 2. The van der Waals surface area contributed by atoms with Gasteiger partial charge in [0.1, 0.15) is 0 Å². The minimum Gasteiger partial charge on any atom is -0.0837 e. The normalized spacial score (nSPS) is 37.8. The average molecular weight is 400 g/mol. The zero-order valence-electron chi connectivity index (χ0n) is 13.6. The smallest absolute Gasteiger partial charge is 0.0487 e. The van der Waals surface area contributed by atoms with Gasteiger partial charge in [0.05, 0.1) is 0 Å². The lowest BCUT2D eigenvalue weighted by molar-refractivity contribution is -0.0399. The Balaban J connectivity index is 1.71. The third-order valence-electron chi connectivity index (χ3n) is 7.58. The summed E-state index contributed by atoms with van der Waals surface area (Å²) in [7, 11) is 0. The van der Waals surface area contributed by atoms with E-state index in [1.54, 1.807) is 5.56 Å². The van der Waals surface area contributed by atoms with Gasteiger partial charge in [0.15, 0.2) is 0 Å². The van der Waals surface area contributed by atoms with Gasteiger partial charge in [-0.05, 0) is 90.7 Å². The maximum Gasteiger partial charge on any atom is 0.0487 e. The van der Waals surface area contributed by atoms with Crippen molar-refractivity contribution < 1.29 is 0 Å². The lowest BCUT2D eigenvalue weighted by Crippen LogP contribution is -2.55. The summed E-state index contributed by atoms with van der Waals surface area (Å²) in [4.78, 5) is 0. The summed E-state index contributed by atoms with van der Waals surface area (Å²) in [5.41, 5.74) is 6.05. The fourth-order valence-electron chi connectivity index (χ4n) is 7.17. The molecule has 0 heterocycles. The molecule has 2 aromatic rings. The van der Waals surface area contributed by atoms with Crippen LogP contribution >= 0.6 is 27.5 Å².